The van der Waals surface area contributed by atoms with Gasteiger partial charge in [-0.2, -0.15) is 5.10 Å². The van der Waals surface area contributed by atoms with Gasteiger partial charge in [0.25, 0.3) is 5.56 Å². The van der Waals surface area contributed by atoms with Gasteiger partial charge in [0.05, 0.1) is 11.4 Å². The maximum atomic E-state index is 12.6. The van der Waals surface area contributed by atoms with Gasteiger partial charge in [-0.1, -0.05) is 0 Å². The summed E-state index contributed by atoms with van der Waals surface area (Å²) in [7, 11) is 0. The number of carbonyl (C=O) groups excluding carboxylic acids is 1. The van der Waals surface area contributed by atoms with Crippen LogP contribution in [0.5, 0.6) is 5.75 Å². The molecule has 7 nitrogen and oxygen atoms in total. The van der Waals surface area contributed by atoms with Crippen molar-refractivity contribution in [3.05, 3.63) is 40.7 Å². The van der Waals surface area contributed by atoms with Crippen LogP contribution in [0.1, 0.15) is 20.8 Å². The van der Waals surface area contributed by atoms with E-state index in [9.17, 15) is 22.8 Å². The van der Waals surface area contributed by atoms with Crippen LogP contribution in [-0.4, -0.2) is 28.3 Å². The maximum absolute atomic E-state index is 12.6. The van der Waals surface area contributed by atoms with Crippen molar-refractivity contribution >= 4 is 11.8 Å². The Balaban J connectivity index is 2.39. The Morgan fingerprint density at radius 2 is 1.85 bits per heavy atom. The molecule has 1 aromatic carbocycles. The normalized spacial score (nSPS) is 11.8. The van der Waals surface area contributed by atoms with E-state index in [1.807, 2.05) is 0 Å². The molecule has 0 aliphatic rings. The van der Waals surface area contributed by atoms with Crippen LogP contribution in [0.4, 0.5) is 23.7 Å². The molecule has 1 amide bonds. The van der Waals surface area contributed by atoms with E-state index < -0.39 is 29.4 Å². The largest absolute Gasteiger partial charge is 0.573 e. The highest BCUT2D eigenvalue weighted by Gasteiger charge is 2.32. The van der Waals surface area contributed by atoms with Gasteiger partial charge in [0.1, 0.15) is 5.60 Å². The van der Waals surface area contributed by atoms with E-state index >= 15 is 0 Å². The van der Waals surface area contributed by atoms with Gasteiger partial charge in [-0.15, -0.1) is 13.2 Å². The fraction of sp³-hybridized carbons (Fsp3) is 0.312. The number of amides is 1. The molecule has 26 heavy (non-hydrogen) atoms. The number of benzene rings is 1. The highest BCUT2D eigenvalue weighted by atomic mass is 19.4. The quantitative estimate of drug-likeness (QED) is 0.858. The molecule has 0 bridgehead atoms. The molecule has 10 heteroatoms. The third-order valence-electron chi connectivity index (χ3n) is 2.82. The van der Waals surface area contributed by atoms with Crippen LogP contribution < -0.4 is 15.6 Å². The smallest absolute Gasteiger partial charge is 0.444 e. The third-order valence-corrected chi connectivity index (χ3v) is 2.82. The van der Waals surface area contributed by atoms with Crippen molar-refractivity contribution < 1.29 is 27.4 Å². The van der Waals surface area contributed by atoms with Crippen LogP contribution in [0.2, 0.25) is 0 Å². The molecule has 0 unspecified atom stereocenters. The minimum Gasteiger partial charge on any atom is -0.444 e. The lowest BCUT2D eigenvalue weighted by atomic mass is 10.1. The summed E-state index contributed by atoms with van der Waals surface area (Å²) in [5.41, 5.74) is -0.898. The number of aromatic nitrogens is 2. The number of nitrogens with zero attached hydrogens (tertiary/aromatic N) is 1. The summed E-state index contributed by atoms with van der Waals surface area (Å²) < 4.78 is 46.7. The minimum atomic E-state index is -4.94. The number of halogens is 3. The highest BCUT2D eigenvalue weighted by molar-refractivity contribution is 5.88. The summed E-state index contributed by atoms with van der Waals surface area (Å²) in [6.07, 6.45) is -5.89. The van der Waals surface area contributed by atoms with Gasteiger partial charge in [0, 0.05) is 11.6 Å². The van der Waals surface area contributed by atoms with Gasteiger partial charge in [-0.25, -0.2) is 9.89 Å². The van der Waals surface area contributed by atoms with Crippen LogP contribution in [0.15, 0.2) is 35.1 Å². The van der Waals surface area contributed by atoms with Crippen molar-refractivity contribution in [1.82, 2.24) is 10.2 Å². The van der Waals surface area contributed by atoms with E-state index in [1.165, 1.54) is 24.3 Å². The number of hydrogen-bond acceptors (Lipinski definition) is 5. The zero-order chi connectivity index (χ0) is 19.5. The van der Waals surface area contributed by atoms with Crippen LogP contribution in [0.25, 0.3) is 11.3 Å². The molecular formula is C16H16F3N3O4. The number of hydrogen-bond donors (Lipinski definition) is 2. The summed E-state index contributed by atoms with van der Waals surface area (Å²) in [6, 6.07) is 6.16. The number of rotatable bonds is 3. The summed E-state index contributed by atoms with van der Waals surface area (Å²) in [4.78, 5) is 23.0. The van der Waals surface area contributed by atoms with E-state index in [0.717, 1.165) is 6.07 Å². The molecule has 0 aliphatic heterocycles. The van der Waals surface area contributed by atoms with Gasteiger partial charge < -0.3 is 9.47 Å². The number of carbonyl (C=O) groups is 1. The summed E-state index contributed by atoms with van der Waals surface area (Å²) in [5, 5.41) is 8.23. The van der Waals surface area contributed by atoms with Crippen molar-refractivity contribution in [3.8, 4) is 17.0 Å². The summed E-state index contributed by atoms with van der Waals surface area (Å²) >= 11 is 0. The molecule has 1 aromatic heterocycles. The van der Waals surface area contributed by atoms with E-state index in [-0.39, 0.29) is 11.4 Å². The number of nitrogens with one attached hydrogen (secondary N) is 2. The Morgan fingerprint density at radius 3 is 2.38 bits per heavy atom. The lowest BCUT2D eigenvalue weighted by molar-refractivity contribution is -0.274. The van der Waals surface area contributed by atoms with Crippen LogP contribution in [-0.2, 0) is 4.74 Å². The number of ether oxygens (including phenoxy) is 2. The number of aromatic amines is 1. The van der Waals surface area contributed by atoms with Crippen molar-refractivity contribution in [1.29, 1.82) is 0 Å². The number of H-pyrrole nitrogens is 1. The predicted molar refractivity (Wildman–Crippen MR) is 86.8 cm³/mol. The second kappa shape index (κ2) is 7.06. The summed E-state index contributed by atoms with van der Waals surface area (Å²) in [6.45, 7) is 4.83. The Labute approximate surface area is 146 Å². The van der Waals surface area contributed by atoms with E-state index in [4.69, 9.17) is 4.74 Å². The Hall–Kier alpha value is -3.04. The Morgan fingerprint density at radius 1 is 1.15 bits per heavy atom. The molecule has 2 aromatic rings. The Bertz CT molecular complexity index is 837. The SMILES string of the molecule is CC(C)(C)OC(=O)Nc1cc(-c2ccc(=O)[nH]n2)ccc1OC(F)(F)F. The molecule has 2 rings (SSSR count). The zero-order valence-corrected chi connectivity index (χ0v) is 14.1. The van der Waals surface area contributed by atoms with Crippen molar-refractivity contribution in [2.75, 3.05) is 5.32 Å². The van der Waals surface area contributed by atoms with Crippen molar-refractivity contribution in [3.63, 3.8) is 0 Å². The highest BCUT2D eigenvalue weighted by Crippen LogP contribution is 2.34. The standard InChI is InChI=1S/C16H16F3N3O4/c1-15(2,3)26-14(24)20-11-8-9(10-5-7-13(23)22-21-10)4-6-12(11)25-16(17,18)19/h4-8H,1-3H3,(H,20,24)(H,22,23). The molecule has 0 spiro atoms. The maximum Gasteiger partial charge on any atom is 0.573 e. The van der Waals surface area contributed by atoms with Crippen LogP contribution >= 0.6 is 0 Å². The second-order valence-electron chi connectivity index (χ2n) is 6.19. The lowest BCUT2D eigenvalue weighted by Gasteiger charge is -2.21. The average Bonchev–Trinajstić information content (AvgIpc) is 2.46. The third kappa shape index (κ3) is 5.80. The Kier molecular flexibility index (Phi) is 5.24. The zero-order valence-electron chi connectivity index (χ0n) is 14.1. The molecule has 0 radical (unpaired) electrons. The van der Waals surface area contributed by atoms with E-state index in [0.29, 0.717) is 5.56 Å². The fourth-order valence-corrected chi connectivity index (χ4v) is 1.92. The van der Waals surface area contributed by atoms with Crippen molar-refractivity contribution in [2.45, 2.75) is 32.7 Å². The number of anilines is 1. The first-order chi connectivity index (χ1) is 11.9. The first kappa shape index (κ1) is 19.3. The minimum absolute atomic E-state index is 0.262. The molecule has 0 atom stereocenters. The molecule has 0 saturated carbocycles. The lowest BCUT2D eigenvalue weighted by Crippen LogP contribution is -2.27. The molecule has 0 fully saturated rings. The van der Waals surface area contributed by atoms with E-state index in [1.54, 1.807) is 20.8 Å². The van der Waals surface area contributed by atoms with Gasteiger partial charge in [0.15, 0.2) is 5.75 Å². The molecular weight excluding hydrogens is 355 g/mol. The van der Waals surface area contributed by atoms with Gasteiger partial charge >= 0.3 is 12.5 Å². The molecule has 0 saturated heterocycles. The monoisotopic (exact) mass is 371 g/mol. The van der Waals surface area contributed by atoms with Crippen molar-refractivity contribution in [2.24, 2.45) is 0 Å². The molecule has 140 valence electrons. The van der Waals surface area contributed by atoms with Crippen LogP contribution in [0.3, 0.4) is 0 Å². The van der Waals surface area contributed by atoms with Gasteiger partial charge in [-0.3, -0.25) is 10.1 Å². The number of alkyl halides is 3. The first-order valence-electron chi connectivity index (χ1n) is 7.39. The van der Waals surface area contributed by atoms with Crippen LogP contribution in [0, 0.1) is 0 Å². The topological polar surface area (TPSA) is 93.3 Å². The molecule has 0 aliphatic carbocycles. The second-order valence-corrected chi connectivity index (χ2v) is 6.19. The fourth-order valence-electron chi connectivity index (χ4n) is 1.92. The molecule has 2 N–H and O–H groups in total. The summed E-state index contributed by atoms with van der Waals surface area (Å²) in [5.74, 6) is -0.614. The predicted octanol–water partition coefficient (Wildman–Crippen LogP) is 3.68. The molecule has 1 heterocycles. The first-order valence-corrected chi connectivity index (χ1v) is 7.39. The van der Waals surface area contributed by atoms with E-state index in [2.05, 4.69) is 20.3 Å². The average molecular weight is 371 g/mol. The van der Waals surface area contributed by atoms with Gasteiger partial charge in [0.2, 0.25) is 0 Å². The van der Waals surface area contributed by atoms with Gasteiger partial charge in [-0.05, 0) is 45.0 Å².